The average molecular weight is 329 g/mol. The summed E-state index contributed by atoms with van der Waals surface area (Å²) in [5.74, 6) is 2.46. The van der Waals surface area contributed by atoms with Gasteiger partial charge in [0.05, 0.1) is 13.2 Å². The molecule has 5 nitrogen and oxygen atoms in total. The number of furan rings is 1. The predicted octanol–water partition coefficient (Wildman–Crippen LogP) is 3.18. The van der Waals surface area contributed by atoms with Gasteiger partial charge >= 0.3 is 0 Å². The molecule has 5 heteroatoms. The maximum atomic E-state index is 11.9. The van der Waals surface area contributed by atoms with Crippen LogP contribution in [-0.4, -0.2) is 32.3 Å². The van der Waals surface area contributed by atoms with Crippen molar-refractivity contribution in [3.63, 3.8) is 0 Å². The molecule has 1 N–H and O–H groups in total. The minimum Gasteiger partial charge on any atom is -0.497 e. The van der Waals surface area contributed by atoms with Gasteiger partial charge < -0.3 is 19.2 Å². The maximum absolute atomic E-state index is 11.9. The monoisotopic (exact) mass is 329 g/mol. The molecule has 24 heavy (non-hydrogen) atoms. The average Bonchev–Trinajstić information content (AvgIpc) is 3.30. The summed E-state index contributed by atoms with van der Waals surface area (Å²) in [5, 5.41) is 2.93. The van der Waals surface area contributed by atoms with Crippen molar-refractivity contribution in [2.45, 2.75) is 31.8 Å². The van der Waals surface area contributed by atoms with E-state index < -0.39 is 0 Å². The summed E-state index contributed by atoms with van der Waals surface area (Å²) in [6, 6.07) is 11.6. The zero-order valence-electron chi connectivity index (χ0n) is 13.9. The van der Waals surface area contributed by atoms with E-state index >= 15 is 0 Å². The van der Waals surface area contributed by atoms with Gasteiger partial charge in [0.15, 0.2) is 0 Å². The topological polar surface area (TPSA) is 60.7 Å². The van der Waals surface area contributed by atoms with Crippen LogP contribution in [0.5, 0.6) is 5.75 Å². The second-order valence-corrected chi connectivity index (χ2v) is 5.93. The van der Waals surface area contributed by atoms with Crippen LogP contribution < -0.4 is 10.1 Å². The largest absolute Gasteiger partial charge is 0.497 e. The molecule has 128 valence electrons. The van der Waals surface area contributed by atoms with Crippen molar-refractivity contribution in [2.75, 3.05) is 20.3 Å². The molecule has 1 saturated heterocycles. The van der Waals surface area contributed by atoms with Gasteiger partial charge in [-0.05, 0) is 49.2 Å². The highest BCUT2D eigenvalue weighted by Gasteiger charge is 2.16. The van der Waals surface area contributed by atoms with E-state index in [1.807, 2.05) is 36.4 Å². The molecule has 1 fully saturated rings. The van der Waals surface area contributed by atoms with Crippen LogP contribution >= 0.6 is 0 Å². The van der Waals surface area contributed by atoms with E-state index in [4.69, 9.17) is 13.9 Å². The van der Waals surface area contributed by atoms with Crippen LogP contribution in [0.3, 0.4) is 0 Å². The molecule has 1 atom stereocenters. The van der Waals surface area contributed by atoms with Gasteiger partial charge in [-0.3, -0.25) is 4.79 Å². The summed E-state index contributed by atoms with van der Waals surface area (Å²) < 4.78 is 16.5. The van der Waals surface area contributed by atoms with Crippen LogP contribution in [0.2, 0.25) is 0 Å². The Morgan fingerprint density at radius 2 is 2.08 bits per heavy atom. The Balaban J connectivity index is 1.47. The van der Waals surface area contributed by atoms with Crippen LogP contribution in [0.15, 0.2) is 40.8 Å². The van der Waals surface area contributed by atoms with E-state index in [0.717, 1.165) is 42.3 Å². The summed E-state index contributed by atoms with van der Waals surface area (Å²) in [4.78, 5) is 11.9. The minimum atomic E-state index is 0.0351. The number of hydrogen-bond donors (Lipinski definition) is 1. The standard InChI is InChI=1S/C19H23NO4/c1-22-15-6-4-14(5-7-15)18-10-8-16(24-18)9-11-19(21)20-13-17-3-2-12-23-17/h4-8,10,17H,2-3,9,11-13H2,1H3,(H,20,21)/t17-/m1/s1. The van der Waals surface area contributed by atoms with Crippen LogP contribution in [0.1, 0.15) is 25.0 Å². The van der Waals surface area contributed by atoms with Gasteiger partial charge in [0.1, 0.15) is 17.3 Å². The highest BCUT2D eigenvalue weighted by Crippen LogP contribution is 2.25. The number of benzene rings is 1. The van der Waals surface area contributed by atoms with E-state index in [9.17, 15) is 4.79 Å². The number of methoxy groups -OCH3 is 1. The quantitative estimate of drug-likeness (QED) is 0.847. The summed E-state index contributed by atoms with van der Waals surface area (Å²) in [6.07, 6.45) is 3.31. The first kappa shape index (κ1) is 16.6. The van der Waals surface area contributed by atoms with Gasteiger partial charge in [-0.15, -0.1) is 0 Å². The lowest BCUT2D eigenvalue weighted by Gasteiger charge is -2.10. The van der Waals surface area contributed by atoms with Gasteiger partial charge in [-0.1, -0.05) is 0 Å². The number of carbonyl (C=O) groups is 1. The van der Waals surface area contributed by atoms with Gasteiger partial charge in [-0.2, -0.15) is 0 Å². The SMILES string of the molecule is COc1ccc(-c2ccc(CCC(=O)NC[C@H]3CCCO3)o2)cc1. The van der Waals surface area contributed by atoms with Gasteiger partial charge in [0, 0.05) is 31.6 Å². The fraction of sp³-hybridized carbons (Fsp3) is 0.421. The summed E-state index contributed by atoms with van der Waals surface area (Å²) in [7, 11) is 1.64. The van der Waals surface area contributed by atoms with Crippen LogP contribution in [-0.2, 0) is 16.0 Å². The number of nitrogens with one attached hydrogen (secondary N) is 1. The number of amides is 1. The van der Waals surface area contributed by atoms with Gasteiger partial charge in [-0.25, -0.2) is 0 Å². The van der Waals surface area contributed by atoms with Crippen molar-refractivity contribution in [3.05, 3.63) is 42.2 Å². The molecule has 0 bridgehead atoms. The molecule has 0 spiro atoms. The lowest BCUT2D eigenvalue weighted by Crippen LogP contribution is -2.31. The van der Waals surface area contributed by atoms with Crippen molar-refractivity contribution in [2.24, 2.45) is 0 Å². The summed E-state index contributed by atoms with van der Waals surface area (Å²) >= 11 is 0. The van der Waals surface area contributed by atoms with E-state index in [1.54, 1.807) is 7.11 Å². The maximum Gasteiger partial charge on any atom is 0.220 e. The van der Waals surface area contributed by atoms with E-state index in [2.05, 4.69) is 5.32 Å². The highest BCUT2D eigenvalue weighted by molar-refractivity contribution is 5.76. The smallest absolute Gasteiger partial charge is 0.220 e. The predicted molar refractivity (Wildman–Crippen MR) is 91.0 cm³/mol. The molecule has 1 aliphatic heterocycles. The third kappa shape index (κ3) is 4.38. The Labute approximate surface area is 141 Å². The molecular formula is C19H23NO4. The van der Waals surface area contributed by atoms with Crippen molar-refractivity contribution < 1.29 is 18.7 Å². The summed E-state index contributed by atoms with van der Waals surface area (Å²) in [6.45, 7) is 1.41. The number of hydrogen-bond acceptors (Lipinski definition) is 4. The normalized spacial score (nSPS) is 17.0. The third-order valence-corrected chi connectivity index (χ3v) is 4.19. The first-order valence-corrected chi connectivity index (χ1v) is 8.36. The molecule has 1 aliphatic rings. The van der Waals surface area contributed by atoms with Crippen molar-refractivity contribution in [3.8, 4) is 17.1 Å². The number of aryl methyl sites for hydroxylation is 1. The lowest BCUT2D eigenvalue weighted by molar-refractivity contribution is -0.121. The second kappa shape index (κ2) is 8.02. The Bertz CT molecular complexity index is 656. The molecule has 1 aromatic heterocycles. The van der Waals surface area contributed by atoms with Crippen LogP contribution in [0, 0.1) is 0 Å². The second-order valence-electron chi connectivity index (χ2n) is 5.93. The Morgan fingerprint density at radius 1 is 1.25 bits per heavy atom. The Morgan fingerprint density at radius 3 is 2.79 bits per heavy atom. The number of carbonyl (C=O) groups excluding carboxylic acids is 1. The molecule has 2 heterocycles. The lowest BCUT2D eigenvalue weighted by atomic mass is 10.2. The molecule has 2 aromatic rings. The fourth-order valence-electron chi connectivity index (χ4n) is 2.78. The van der Waals surface area contributed by atoms with Gasteiger partial charge in [0.25, 0.3) is 0 Å². The van der Waals surface area contributed by atoms with Gasteiger partial charge in [0.2, 0.25) is 5.91 Å². The van der Waals surface area contributed by atoms with Crippen LogP contribution in [0.25, 0.3) is 11.3 Å². The first-order chi connectivity index (χ1) is 11.7. The Kier molecular flexibility index (Phi) is 5.54. The molecular weight excluding hydrogens is 306 g/mol. The van der Waals surface area contributed by atoms with E-state index in [1.165, 1.54) is 0 Å². The van der Waals surface area contributed by atoms with Crippen LogP contribution in [0.4, 0.5) is 0 Å². The van der Waals surface area contributed by atoms with E-state index in [-0.39, 0.29) is 12.0 Å². The zero-order valence-corrected chi connectivity index (χ0v) is 13.9. The molecule has 0 saturated carbocycles. The molecule has 0 unspecified atom stereocenters. The number of ether oxygens (including phenoxy) is 2. The fourth-order valence-corrected chi connectivity index (χ4v) is 2.78. The molecule has 0 aliphatic carbocycles. The third-order valence-electron chi connectivity index (χ3n) is 4.19. The van der Waals surface area contributed by atoms with Crippen molar-refractivity contribution >= 4 is 5.91 Å². The number of rotatable bonds is 7. The zero-order chi connectivity index (χ0) is 16.8. The Hall–Kier alpha value is -2.27. The van der Waals surface area contributed by atoms with E-state index in [0.29, 0.717) is 19.4 Å². The van der Waals surface area contributed by atoms with Crippen molar-refractivity contribution in [1.82, 2.24) is 5.32 Å². The first-order valence-electron chi connectivity index (χ1n) is 8.36. The summed E-state index contributed by atoms with van der Waals surface area (Å²) in [5.41, 5.74) is 0.991. The molecule has 1 amide bonds. The van der Waals surface area contributed by atoms with Crippen molar-refractivity contribution in [1.29, 1.82) is 0 Å². The highest BCUT2D eigenvalue weighted by atomic mass is 16.5. The molecule has 0 radical (unpaired) electrons. The minimum absolute atomic E-state index is 0.0351. The molecule has 1 aromatic carbocycles. The molecule has 3 rings (SSSR count).